The molecule has 0 heterocycles. The Hall–Kier alpha value is -1.31. The third-order valence-corrected chi connectivity index (χ3v) is 3.26. The van der Waals surface area contributed by atoms with E-state index < -0.39 is 33.9 Å². The van der Waals surface area contributed by atoms with Gasteiger partial charge in [0.05, 0.1) is 5.75 Å². The van der Waals surface area contributed by atoms with E-state index in [1.165, 1.54) is 6.92 Å². The third kappa shape index (κ3) is 7.10. The lowest BCUT2D eigenvalue weighted by atomic mass is 10.1. The molecule has 18 heavy (non-hydrogen) atoms. The lowest BCUT2D eigenvalue weighted by Crippen LogP contribution is -2.51. The van der Waals surface area contributed by atoms with Crippen LogP contribution in [0.4, 0.5) is 4.79 Å². The van der Waals surface area contributed by atoms with Crippen molar-refractivity contribution in [3.63, 3.8) is 0 Å². The Morgan fingerprint density at radius 3 is 2.00 bits per heavy atom. The van der Waals surface area contributed by atoms with Crippen molar-refractivity contribution in [2.24, 2.45) is 5.92 Å². The van der Waals surface area contributed by atoms with E-state index in [0.717, 1.165) is 6.26 Å². The summed E-state index contributed by atoms with van der Waals surface area (Å²) in [5, 5.41) is 13.5. The predicted octanol–water partition coefficient (Wildman–Crippen LogP) is -0.172. The first kappa shape index (κ1) is 16.7. The minimum absolute atomic E-state index is 0.195. The Balaban J connectivity index is 4.38. The summed E-state index contributed by atoms with van der Waals surface area (Å²) in [6.45, 7) is 4.86. The Labute approximate surface area is 107 Å². The molecular formula is C10H20N2O5S. The predicted molar refractivity (Wildman–Crippen MR) is 67.1 cm³/mol. The average molecular weight is 280 g/mol. The van der Waals surface area contributed by atoms with E-state index in [1.54, 1.807) is 13.8 Å². The fourth-order valence-electron chi connectivity index (χ4n) is 1.42. The van der Waals surface area contributed by atoms with Crippen LogP contribution in [-0.2, 0) is 14.6 Å². The zero-order valence-corrected chi connectivity index (χ0v) is 11.7. The molecule has 0 aliphatic rings. The van der Waals surface area contributed by atoms with Gasteiger partial charge in [-0.25, -0.2) is 18.0 Å². The van der Waals surface area contributed by atoms with E-state index in [9.17, 15) is 18.0 Å². The Bertz CT molecular complexity index is 404. The highest BCUT2D eigenvalue weighted by molar-refractivity contribution is 7.90. The molecule has 0 saturated carbocycles. The smallest absolute Gasteiger partial charge is 0.326 e. The number of sulfone groups is 1. The van der Waals surface area contributed by atoms with Crippen LogP contribution >= 0.6 is 0 Å². The minimum Gasteiger partial charge on any atom is -0.480 e. The number of hydrogen-bond acceptors (Lipinski definition) is 4. The fraction of sp³-hybridized carbons (Fsp3) is 0.800. The van der Waals surface area contributed by atoms with Crippen LogP contribution in [0.15, 0.2) is 0 Å². The zero-order chi connectivity index (χ0) is 14.5. The molecule has 0 aliphatic heterocycles. The van der Waals surface area contributed by atoms with Gasteiger partial charge in [-0.2, -0.15) is 0 Å². The number of urea groups is 1. The van der Waals surface area contributed by atoms with Gasteiger partial charge in [0.1, 0.15) is 15.9 Å². The lowest BCUT2D eigenvalue weighted by Gasteiger charge is -2.20. The molecule has 0 saturated heterocycles. The molecule has 3 N–H and O–H groups in total. The second-order valence-corrected chi connectivity index (χ2v) is 6.86. The molecular weight excluding hydrogens is 260 g/mol. The van der Waals surface area contributed by atoms with E-state index in [-0.39, 0.29) is 11.7 Å². The lowest BCUT2D eigenvalue weighted by molar-refractivity contribution is -0.140. The van der Waals surface area contributed by atoms with Crippen LogP contribution in [0, 0.1) is 5.92 Å². The summed E-state index contributed by atoms with van der Waals surface area (Å²) >= 11 is 0. The maximum atomic E-state index is 11.5. The van der Waals surface area contributed by atoms with Gasteiger partial charge in [0.15, 0.2) is 0 Å². The molecule has 1 unspecified atom stereocenters. The van der Waals surface area contributed by atoms with Crippen molar-refractivity contribution in [2.45, 2.75) is 32.9 Å². The van der Waals surface area contributed by atoms with Gasteiger partial charge in [0.2, 0.25) is 0 Å². The Morgan fingerprint density at radius 1 is 1.17 bits per heavy atom. The fourth-order valence-corrected chi connectivity index (χ4v) is 2.41. The van der Waals surface area contributed by atoms with Crippen LogP contribution < -0.4 is 10.6 Å². The molecule has 0 rings (SSSR count). The highest BCUT2D eigenvalue weighted by Gasteiger charge is 2.24. The molecule has 0 spiro atoms. The Kier molecular flexibility index (Phi) is 6.10. The van der Waals surface area contributed by atoms with Crippen molar-refractivity contribution in [2.75, 3.05) is 12.0 Å². The van der Waals surface area contributed by atoms with Gasteiger partial charge >= 0.3 is 12.0 Å². The number of amides is 2. The van der Waals surface area contributed by atoms with Crippen LogP contribution in [0.3, 0.4) is 0 Å². The van der Waals surface area contributed by atoms with Crippen molar-refractivity contribution in [3.05, 3.63) is 0 Å². The summed E-state index contributed by atoms with van der Waals surface area (Å²) in [5.74, 6) is -1.59. The zero-order valence-electron chi connectivity index (χ0n) is 10.9. The van der Waals surface area contributed by atoms with Gasteiger partial charge in [-0.05, 0) is 12.8 Å². The van der Waals surface area contributed by atoms with Crippen LogP contribution in [0.5, 0.6) is 0 Å². The number of carboxylic acid groups (broad SMARTS) is 1. The van der Waals surface area contributed by atoms with E-state index in [2.05, 4.69) is 10.6 Å². The SMILES string of the molecule is CC(CS(C)(=O)=O)NC(=O)N[C@@H](C(=O)O)C(C)C. The summed E-state index contributed by atoms with van der Waals surface area (Å²) in [5.41, 5.74) is 0. The van der Waals surface area contributed by atoms with Gasteiger partial charge in [0.25, 0.3) is 0 Å². The first-order valence-corrected chi connectivity index (χ1v) is 7.56. The summed E-state index contributed by atoms with van der Waals surface area (Å²) in [4.78, 5) is 22.3. The van der Waals surface area contributed by atoms with E-state index >= 15 is 0 Å². The largest absolute Gasteiger partial charge is 0.480 e. The van der Waals surface area contributed by atoms with Crippen molar-refractivity contribution in [3.8, 4) is 0 Å². The van der Waals surface area contributed by atoms with Gasteiger partial charge in [-0.1, -0.05) is 13.8 Å². The maximum Gasteiger partial charge on any atom is 0.326 e. The van der Waals surface area contributed by atoms with Crippen LogP contribution in [-0.4, -0.2) is 49.6 Å². The number of carboxylic acids is 1. The molecule has 0 bridgehead atoms. The molecule has 2 amide bonds. The summed E-state index contributed by atoms with van der Waals surface area (Å²) in [6, 6.07) is -2.27. The van der Waals surface area contributed by atoms with Crippen molar-refractivity contribution < 1.29 is 23.1 Å². The highest BCUT2D eigenvalue weighted by atomic mass is 32.2. The summed E-state index contributed by atoms with van der Waals surface area (Å²) in [6.07, 6.45) is 1.07. The average Bonchev–Trinajstić information content (AvgIpc) is 2.09. The van der Waals surface area contributed by atoms with Crippen LogP contribution in [0.25, 0.3) is 0 Å². The monoisotopic (exact) mass is 280 g/mol. The van der Waals surface area contributed by atoms with Gasteiger partial charge in [-0.15, -0.1) is 0 Å². The van der Waals surface area contributed by atoms with Gasteiger partial charge in [0, 0.05) is 12.3 Å². The number of nitrogens with one attached hydrogen (secondary N) is 2. The molecule has 0 radical (unpaired) electrons. The minimum atomic E-state index is -3.19. The molecule has 8 heteroatoms. The normalized spacial score (nSPS) is 14.9. The van der Waals surface area contributed by atoms with E-state index in [4.69, 9.17) is 5.11 Å². The standard InChI is InChI=1S/C10H20N2O5S/c1-6(2)8(9(13)14)12-10(15)11-7(3)5-18(4,16)17/h6-8H,5H2,1-4H3,(H,13,14)(H2,11,12,15)/t7?,8-/m1/s1. The van der Waals surface area contributed by atoms with Crippen LogP contribution in [0.2, 0.25) is 0 Å². The van der Waals surface area contributed by atoms with Crippen molar-refractivity contribution in [1.82, 2.24) is 10.6 Å². The number of carbonyl (C=O) groups is 2. The third-order valence-electron chi connectivity index (χ3n) is 2.15. The molecule has 0 aromatic heterocycles. The second-order valence-electron chi connectivity index (χ2n) is 4.67. The van der Waals surface area contributed by atoms with E-state index in [0.29, 0.717) is 0 Å². The maximum absolute atomic E-state index is 11.5. The van der Waals surface area contributed by atoms with Crippen LogP contribution in [0.1, 0.15) is 20.8 Å². The molecule has 0 aromatic carbocycles. The molecule has 7 nitrogen and oxygen atoms in total. The summed E-state index contributed by atoms with van der Waals surface area (Å²) in [7, 11) is -3.19. The van der Waals surface area contributed by atoms with Gasteiger partial charge in [-0.3, -0.25) is 0 Å². The van der Waals surface area contributed by atoms with Crippen molar-refractivity contribution in [1.29, 1.82) is 0 Å². The molecule has 0 aromatic rings. The number of hydrogen-bond donors (Lipinski definition) is 3. The van der Waals surface area contributed by atoms with Gasteiger partial charge < -0.3 is 15.7 Å². The van der Waals surface area contributed by atoms with E-state index in [1.807, 2.05) is 0 Å². The first-order chi connectivity index (χ1) is 8.03. The number of rotatable bonds is 6. The number of aliphatic carboxylic acids is 1. The first-order valence-electron chi connectivity index (χ1n) is 5.50. The summed E-state index contributed by atoms with van der Waals surface area (Å²) < 4.78 is 22.0. The topological polar surface area (TPSA) is 113 Å². The Morgan fingerprint density at radius 2 is 1.67 bits per heavy atom. The molecule has 106 valence electrons. The quantitative estimate of drug-likeness (QED) is 0.625. The second kappa shape index (κ2) is 6.58. The molecule has 0 aliphatic carbocycles. The van der Waals surface area contributed by atoms with Crippen molar-refractivity contribution >= 4 is 21.8 Å². The highest BCUT2D eigenvalue weighted by Crippen LogP contribution is 2.01. The number of carbonyl (C=O) groups excluding carboxylic acids is 1. The molecule has 2 atom stereocenters. The molecule has 0 fully saturated rings.